The van der Waals surface area contributed by atoms with Crippen LogP contribution in [0.15, 0.2) is 164 Å². The summed E-state index contributed by atoms with van der Waals surface area (Å²) < 4.78 is 2.67. The lowest BCUT2D eigenvalue weighted by molar-refractivity contribution is 1.29. The van der Waals surface area contributed by atoms with Gasteiger partial charge < -0.3 is 4.90 Å². The van der Waals surface area contributed by atoms with Gasteiger partial charge in [-0.15, -0.1) is 11.3 Å². The van der Waals surface area contributed by atoms with Gasteiger partial charge in [0, 0.05) is 37.2 Å². The summed E-state index contributed by atoms with van der Waals surface area (Å²) in [6.45, 7) is 0. The maximum atomic E-state index is 2.37. The summed E-state index contributed by atoms with van der Waals surface area (Å²) in [6.07, 6.45) is 0. The van der Waals surface area contributed by atoms with Crippen LogP contribution in [0.4, 0.5) is 17.1 Å². The molecule has 0 aliphatic carbocycles. The van der Waals surface area contributed by atoms with Gasteiger partial charge >= 0.3 is 0 Å². The van der Waals surface area contributed by atoms with Gasteiger partial charge in [0.25, 0.3) is 0 Å². The zero-order valence-electron chi connectivity index (χ0n) is 23.9. The second-order valence-corrected chi connectivity index (χ2v) is 12.4. The van der Waals surface area contributed by atoms with E-state index in [-0.39, 0.29) is 0 Å². The minimum atomic E-state index is 1.13. The monoisotopic (exact) mass is 577 g/mol. The van der Waals surface area contributed by atoms with Gasteiger partial charge in [-0.05, 0) is 92.0 Å². The van der Waals surface area contributed by atoms with Crippen molar-refractivity contribution >= 4 is 80.9 Å². The van der Waals surface area contributed by atoms with Crippen LogP contribution in [0.2, 0.25) is 0 Å². The van der Waals surface area contributed by atoms with Gasteiger partial charge in [0.1, 0.15) is 0 Å². The third-order valence-electron chi connectivity index (χ3n) is 8.82. The SMILES string of the molecule is c1ccc(N(c2ccc(-c3cc4ccccc4c4ccccc34)cc2)c2ccc3sc4c5ccccc5ccc4c3c2)cc1. The van der Waals surface area contributed by atoms with Crippen LogP contribution in [0.5, 0.6) is 0 Å². The minimum Gasteiger partial charge on any atom is -0.310 e. The molecule has 9 aromatic rings. The first-order chi connectivity index (χ1) is 21.8. The van der Waals surface area contributed by atoms with Crippen molar-refractivity contribution in [2.45, 2.75) is 0 Å². The highest BCUT2D eigenvalue weighted by atomic mass is 32.1. The van der Waals surface area contributed by atoms with Crippen LogP contribution in [-0.2, 0) is 0 Å². The van der Waals surface area contributed by atoms with Crippen LogP contribution in [0.25, 0.3) is 63.6 Å². The van der Waals surface area contributed by atoms with E-state index in [0.717, 1.165) is 17.1 Å². The van der Waals surface area contributed by atoms with E-state index in [9.17, 15) is 0 Å². The Morgan fingerprint density at radius 2 is 1.00 bits per heavy atom. The number of hydrogen-bond donors (Lipinski definition) is 0. The van der Waals surface area contributed by atoms with Crippen molar-refractivity contribution in [3.05, 3.63) is 164 Å². The third kappa shape index (κ3) is 4.00. The predicted molar refractivity (Wildman–Crippen MR) is 192 cm³/mol. The molecular weight excluding hydrogens is 551 g/mol. The van der Waals surface area contributed by atoms with Gasteiger partial charge in [-0.25, -0.2) is 0 Å². The standard InChI is InChI=1S/C42H27NS/c1-2-12-31(13-3-1)43(33-23-25-41-40(27-33)38-24-20-28-10-4-7-15-35(28)42(38)44-41)32-21-18-29(19-22-32)39-26-30-11-5-6-14-34(30)36-16-8-9-17-37(36)39/h1-27H. The van der Waals surface area contributed by atoms with Gasteiger partial charge in [0.2, 0.25) is 0 Å². The highest BCUT2D eigenvalue weighted by Crippen LogP contribution is 2.43. The highest BCUT2D eigenvalue weighted by molar-refractivity contribution is 7.26. The third-order valence-corrected chi connectivity index (χ3v) is 10.0. The Bertz CT molecular complexity index is 2490. The molecule has 0 spiro atoms. The fraction of sp³-hybridized carbons (Fsp3) is 0. The van der Waals surface area contributed by atoms with E-state index in [0.29, 0.717) is 0 Å². The molecule has 0 saturated heterocycles. The zero-order chi connectivity index (χ0) is 29.0. The molecule has 1 heterocycles. The predicted octanol–water partition coefficient (Wildman–Crippen LogP) is 12.7. The largest absolute Gasteiger partial charge is 0.310 e. The summed E-state index contributed by atoms with van der Waals surface area (Å²) in [7, 11) is 0. The number of rotatable bonds is 4. The number of fused-ring (bicyclic) bond motifs is 8. The topological polar surface area (TPSA) is 3.24 Å². The Kier molecular flexibility index (Phi) is 5.75. The van der Waals surface area contributed by atoms with Gasteiger partial charge in [0.15, 0.2) is 0 Å². The molecule has 0 aliphatic heterocycles. The Balaban J connectivity index is 1.19. The van der Waals surface area contributed by atoms with Crippen molar-refractivity contribution in [3.63, 3.8) is 0 Å². The lowest BCUT2D eigenvalue weighted by Crippen LogP contribution is -2.09. The Morgan fingerprint density at radius 1 is 0.364 bits per heavy atom. The molecule has 8 aromatic carbocycles. The summed E-state index contributed by atoms with van der Waals surface area (Å²) in [4.78, 5) is 2.37. The Morgan fingerprint density at radius 3 is 1.82 bits per heavy atom. The molecule has 0 aliphatic rings. The normalized spacial score (nSPS) is 11.6. The molecule has 44 heavy (non-hydrogen) atoms. The number of para-hydroxylation sites is 1. The zero-order valence-corrected chi connectivity index (χ0v) is 24.8. The van der Waals surface area contributed by atoms with Crippen LogP contribution in [0.3, 0.4) is 0 Å². The maximum Gasteiger partial charge on any atom is 0.0468 e. The van der Waals surface area contributed by atoms with E-state index in [2.05, 4.69) is 169 Å². The van der Waals surface area contributed by atoms with Crippen molar-refractivity contribution in [1.82, 2.24) is 0 Å². The quantitative estimate of drug-likeness (QED) is 0.188. The first-order valence-corrected chi connectivity index (χ1v) is 15.8. The van der Waals surface area contributed by atoms with Crippen LogP contribution in [0.1, 0.15) is 0 Å². The smallest absolute Gasteiger partial charge is 0.0468 e. The average molecular weight is 578 g/mol. The summed E-state index contributed by atoms with van der Waals surface area (Å²) in [5.41, 5.74) is 5.90. The van der Waals surface area contributed by atoms with Gasteiger partial charge in [0.05, 0.1) is 0 Å². The molecule has 0 bridgehead atoms. The van der Waals surface area contributed by atoms with Gasteiger partial charge in [-0.1, -0.05) is 115 Å². The first-order valence-electron chi connectivity index (χ1n) is 15.0. The average Bonchev–Trinajstić information content (AvgIpc) is 3.48. The maximum absolute atomic E-state index is 2.37. The van der Waals surface area contributed by atoms with Crippen molar-refractivity contribution < 1.29 is 0 Å². The van der Waals surface area contributed by atoms with Crippen molar-refractivity contribution in [2.24, 2.45) is 0 Å². The van der Waals surface area contributed by atoms with Gasteiger partial charge in [-0.2, -0.15) is 0 Å². The molecule has 0 saturated carbocycles. The molecular formula is C42H27NS. The number of hydrogen-bond acceptors (Lipinski definition) is 2. The molecule has 0 radical (unpaired) electrons. The molecule has 0 unspecified atom stereocenters. The second kappa shape index (κ2) is 10.1. The van der Waals surface area contributed by atoms with Crippen LogP contribution >= 0.6 is 11.3 Å². The molecule has 0 amide bonds. The lowest BCUT2D eigenvalue weighted by atomic mass is 9.93. The molecule has 2 heteroatoms. The number of thiophene rings is 1. The van der Waals surface area contributed by atoms with E-state index in [1.165, 1.54) is 63.6 Å². The molecule has 1 aromatic heterocycles. The van der Waals surface area contributed by atoms with Crippen molar-refractivity contribution in [2.75, 3.05) is 4.90 Å². The number of anilines is 3. The molecule has 206 valence electrons. The summed E-state index contributed by atoms with van der Waals surface area (Å²) >= 11 is 1.89. The van der Waals surface area contributed by atoms with Crippen LogP contribution in [-0.4, -0.2) is 0 Å². The highest BCUT2D eigenvalue weighted by Gasteiger charge is 2.16. The second-order valence-electron chi connectivity index (χ2n) is 11.4. The summed E-state index contributed by atoms with van der Waals surface area (Å²) in [6, 6.07) is 59.7. The molecule has 1 nitrogen and oxygen atoms in total. The molecule has 0 atom stereocenters. The Hall–Kier alpha value is -5.44. The van der Waals surface area contributed by atoms with Crippen LogP contribution in [0, 0.1) is 0 Å². The first kappa shape index (κ1) is 25.1. The van der Waals surface area contributed by atoms with Crippen molar-refractivity contribution in [3.8, 4) is 11.1 Å². The van der Waals surface area contributed by atoms with E-state index >= 15 is 0 Å². The fourth-order valence-corrected chi connectivity index (χ4v) is 7.96. The lowest BCUT2D eigenvalue weighted by Gasteiger charge is -2.26. The fourth-order valence-electron chi connectivity index (χ4n) is 6.74. The minimum absolute atomic E-state index is 1.13. The molecule has 9 rings (SSSR count). The van der Waals surface area contributed by atoms with Gasteiger partial charge in [-0.3, -0.25) is 0 Å². The summed E-state index contributed by atoms with van der Waals surface area (Å²) in [5, 5.41) is 10.4. The molecule has 0 fully saturated rings. The van der Waals surface area contributed by atoms with Crippen molar-refractivity contribution in [1.29, 1.82) is 0 Å². The van der Waals surface area contributed by atoms with E-state index < -0.39 is 0 Å². The number of benzene rings is 8. The van der Waals surface area contributed by atoms with Crippen LogP contribution < -0.4 is 4.90 Å². The molecule has 0 N–H and O–H groups in total. The number of nitrogens with zero attached hydrogens (tertiary/aromatic N) is 1. The Labute approximate surface area is 259 Å². The van der Waals surface area contributed by atoms with E-state index in [1.807, 2.05) is 11.3 Å². The van der Waals surface area contributed by atoms with E-state index in [4.69, 9.17) is 0 Å². The van der Waals surface area contributed by atoms with E-state index in [1.54, 1.807) is 0 Å². The summed E-state index contributed by atoms with van der Waals surface area (Å²) in [5.74, 6) is 0.